The van der Waals surface area contributed by atoms with Crippen LogP contribution in [0, 0.1) is 26.7 Å². The number of anilines is 1. The number of aryl methyl sites for hydroxylation is 3. The van der Waals surface area contributed by atoms with Gasteiger partial charge in [0.25, 0.3) is 0 Å². The standard InChI is InChI=1S/C19H29N3O3.ClH/c1-12-9-13(2)18(14(3)10-12)21-16(23)11-22(4)19(24)17(20)15-5-7-25-8-6-15;/h9-10,15,17H,5-8,11,20H2,1-4H3,(H,21,23);1H. The van der Waals surface area contributed by atoms with Crippen molar-refractivity contribution in [2.45, 2.75) is 39.7 Å². The largest absolute Gasteiger partial charge is 0.381 e. The van der Waals surface area contributed by atoms with Gasteiger partial charge in [-0.2, -0.15) is 0 Å². The Kier molecular flexibility index (Phi) is 8.53. The molecule has 0 aromatic heterocycles. The van der Waals surface area contributed by atoms with Crippen LogP contribution in [0.15, 0.2) is 12.1 Å². The summed E-state index contributed by atoms with van der Waals surface area (Å²) >= 11 is 0. The highest BCUT2D eigenvalue weighted by Crippen LogP contribution is 2.22. The lowest BCUT2D eigenvalue weighted by atomic mass is 9.91. The molecule has 0 saturated carbocycles. The average Bonchev–Trinajstić information content (AvgIpc) is 2.57. The highest BCUT2D eigenvalue weighted by atomic mass is 35.5. The maximum Gasteiger partial charge on any atom is 0.243 e. The molecule has 6 nitrogen and oxygen atoms in total. The van der Waals surface area contributed by atoms with Crippen LogP contribution in [0.25, 0.3) is 0 Å². The predicted molar refractivity (Wildman–Crippen MR) is 106 cm³/mol. The maximum atomic E-state index is 12.5. The fraction of sp³-hybridized carbons (Fsp3) is 0.579. The van der Waals surface area contributed by atoms with Gasteiger partial charge in [-0.05, 0) is 50.7 Å². The first-order valence-corrected chi connectivity index (χ1v) is 8.75. The van der Waals surface area contributed by atoms with Gasteiger partial charge in [-0.15, -0.1) is 12.4 Å². The number of nitrogens with two attached hydrogens (primary N) is 1. The van der Waals surface area contributed by atoms with Crippen LogP contribution >= 0.6 is 12.4 Å². The Bertz CT molecular complexity index is 622. The first kappa shape index (κ1) is 22.4. The zero-order chi connectivity index (χ0) is 18.6. The van der Waals surface area contributed by atoms with E-state index >= 15 is 0 Å². The molecule has 2 rings (SSSR count). The number of amides is 2. The van der Waals surface area contributed by atoms with E-state index in [2.05, 4.69) is 5.32 Å². The second-order valence-corrected chi connectivity index (χ2v) is 6.99. The topological polar surface area (TPSA) is 84.7 Å². The summed E-state index contributed by atoms with van der Waals surface area (Å²) in [5, 5.41) is 2.92. The quantitative estimate of drug-likeness (QED) is 0.816. The zero-order valence-electron chi connectivity index (χ0n) is 16.0. The van der Waals surface area contributed by atoms with Crippen LogP contribution in [0.1, 0.15) is 29.5 Å². The van der Waals surface area contributed by atoms with Crippen molar-refractivity contribution in [1.82, 2.24) is 4.90 Å². The summed E-state index contributed by atoms with van der Waals surface area (Å²) < 4.78 is 5.31. The van der Waals surface area contributed by atoms with Gasteiger partial charge in [0, 0.05) is 25.9 Å². The molecule has 146 valence electrons. The number of hydrogen-bond donors (Lipinski definition) is 2. The number of hydrogen-bond acceptors (Lipinski definition) is 4. The second kappa shape index (κ2) is 9.90. The van der Waals surface area contributed by atoms with Crippen molar-refractivity contribution in [2.75, 3.05) is 32.1 Å². The van der Waals surface area contributed by atoms with Crippen molar-refractivity contribution in [3.8, 4) is 0 Å². The van der Waals surface area contributed by atoms with Crippen LogP contribution in [0.3, 0.4) is 0 Å². The van der Waals surface area contributed by atoms with Gasteiger partial charge in [0.05, 0.1) is 12.6 Å². The van der Waals surface area contributed by atoms with E-state index in [1.807, 2.05) is 32.9 Å². The van der Waals surface area contributed by atoms with Crippen molar-refractivity contribution in [1.29, 1.82) is 0 Å². The van der Waals surface area contributed by atoms with Gasteiger partial charge in [-0.25, -0.2) is 0 Å². The van der Waals surface area contributed by atoms with Gasteiger partial charge in [-0.1, -0.05) is 17.7 Å². The summed E-state index contributed by atoms with van der Waals surface area (Å²) in [5.74, 6) is -0.294. The molecule has 0 radical (unpaired) electrons. The molecule has 1 saturated heterocycles. The Hall–Kier alpha value is -1.63. The third kappa shape index (κ3) is 5.69. The Morgan fingerprint density at radius 3 is 2.31 bits per heavy atom. The van der Waals surface area contributed by atoms with Crippen LogP contribution in [0.4, 0.5) is 5.69 Å². The minimum atomic E-state index is -0.579. The fourth-order valence-corrected chi connectivity index (χ4v) is 3.38. The van der Waals surface area contributed by atoms with Gasteiger partial charge in [0.1, 0.15) is 0 Å². The predicted octanol–water partition coefficient (Wildman–Crippen LogP) is 2.18. The molecule has 7 heteroatoms. The third-order valence-corrected chi connectivity index (χ3v) is 4.76. The number of likely N-dealkylation sites (N-methyl/N-ethyl adjacent to an activating group) is 1. The number of rotatable bonds is 5. The molecule has 0 spiro atoms. The van der Waals surface area contributed by atoms with Crippen LogP contribution in [-0.4, -0.2) is 49.6 Å². The van der Waals surface area contributed by atoms with Crippen LogP contribution in [0.2, 0.25) is 0 Å². The Morgan fingerprint density at radius 1 is 1.23 bits per heavy atom. The molecular formula is C19H30ClN3O3. The minimum absolute atomic E-state index is 0. The van der Waals surface area contributed by atoms with E-state index in [0.29, 0.717) is 13.2 Å². The van der Waals surface area contributed by atoms with Crippen molar-refractivity contribution in [2.24, 2.45) is 11.7 Å². The zero-order valence-corrected chi connectivity index (χ0v) is 16.8. The number of benzene rings is 1. The van der Waals surface area contributed by atoms with E-state index in [1.54, 1.807) is 7.05 Å². The summed E-state index contributed by atoms with van der Waals surface area (Å²) in [6.45, 7) is 7.22. The molecule has 1 unspecified atom stereocenters. The summed E-state index contributed by atoms with van der Waals surface area (Å²) in [6.07, 6.45) is 1.57. The van der Waals surface area contributed by atoms with Crippen molar-refractivity contribution in [3.63, 3.8) is 0 Å². The number of nitrogens with zero attached hydrogens (tertiary/aromatic N) is 1. The van der Waals surface area contributed by atoms with Crippen LogP contribution in [-0.2, 0) is 14.3 Å². The molecular weight excluding hydrogens is 354 g/mol. The Balaban J connectivity index is 0.00000338. The number of nitrogens with one attached hydrogen (secondary N) is 1. The maximum absolute atomic E-state index is 12.5. The molecule has 2 amide bonds. The van der Waals surface area contributed by atoms with Crippen LogP contribution < -0.4 is 11.1 Å². The summed E-state index contributed by atoms with van der Waals surface area (Å²) in [6, 6.07) is 3.47. The number of halogens is 1. The SMILES string of the molecule is Cc1cc(C)c(NC(=O)CN(C)C(=O)C(N)C2CCOCC2)c(C)c1.Cl. The van der Waals surface area contributed by atoms with Crippen molar-refractivity contribution < 1.29 is 14.3 Å². The number of carbonyl (C=O) groups is 2. The van der Waals surface area contributed by atoms with Crippen molar-refractivity contribution in [3.05, 3.63) is 28.8 Å². The van der Waals surface area contributed by atoms with E-state index in [1.165, 1.54) is 4.90 Å². The van der Waals surface area contributed by atoms with Crippen LogP contribution in [0.5, 0.6) is 0 Å². The van der Waals surface area contributed by atoms with E-state index < -0.39 is 6.04 Å². The lowest BCUT2D eigenvalue weighted by Crippen LogP contribution is -2.49. The van der Waals surface area contributed by atoms with Gasteiger partial charge in [0.2, 0.25) is 11.8 Å². The van der Waals surface area contributed by atoms with Gasteiger partial charge >= 0.3 is 0 Å². The Morgan fingerprint density at radius 2 is 1.77 bits per heavy atom. The van der Waals surface area contributed by atoms with Crippen molar-refractivity contribution >= 4 is 29.9 Å². The smallest absolute Gasteiger partial charge is 0.243 e. The highest BCUT2D eigenvalue weighted by Gasteiger charge is 2.29. The Labute approximate surface area is 161 Å². The van der Waals surface area contributed by atoms with Gasteiger partial charge < -0.3 is 20.7 Å². The monoisotopic (exact) mass is 383 g/mol. The summed E-state index contributed by atoms with van der Waals surface area (Å²) in [4.78, 5) is 26.2. The average molecular weight is 384 g/mol. The summed E-state index contributed by atoms with van der Waals surface area (Å²) in [5.41, 5.74) is 10.1. The second-order valence-electron chi connectivity index (χ2n) is 6.99. The lowest BCUT2D eigenvalue weighted by Gasteiger charge is -2.29. The fourth-order valence-electron chi connectivity index (χ4n) is 3.38. The van der Waals surface area contributed by atoms with Gasteiger partial charge in [-0.3, -0.25) is 9.59 Å². The van der Waals surface area contributed by atoms with E-state index in [4.69, 9.17) is 10.5 Å². The molecule has 0 aliphatic carbocycles. The molecule has 0 bridgehead atoms. The minimum Gasteiger partial charge on any atom is -0.381 e. The molecule has 1 aliphatic heterocycles. The highest BCUT2D eigenvalue weighted by molar-refractivity contribution is 5.96. The number of carbonyl (C=O) groups excluding carboxylic acids is 2. The first-order valence-electron chi connectivity index (χ1n) is 8.75. The lowest BCUT2D eigenvalue weighted by molar-refractivity contribution is -0.136. The first-order chi connectivity index (χ1) is 11.8. The molecule has 1 aliphatic rings. The molecule has 1 aromatic rings. The number of ether oxygens (including phenoxy) is 1. The molecule has 26 heavy (non-hydrogen) atoms. The molecule has 1 fully saturated rings. The third-order valence-electron chi connectivity index (χ3n) is 4.76. The molecule has 3 N–H and O–H groups in total. The van der Waals surface area contributed by atoms with Gasteiger partial charge in [0.15, 0.2) is 0 Å². The molecule has 1 heterocycles. The summed E-state index contributed by atoms with van der Waals surface area (Å²) in [7, 11) is 1.62. The molecule has 1 atom stereocenters. The molecule has 1 aromatic carbocycles. The van der Waals surface area contributed by atoms with E-state index in [0.717, 1.165) is 35.2 Å². The van der Waals surface area contributed by atoms with E-state index in [9.17, 15) is 9.59 Å². The normalized spacial score (nSPS) is 15.7. The van der Waals surface area contributed by atoms with E-state index in [-0.39, 0.29) is 36.7 Å².